The van der Waals surface area contributed by atoms with Crippen molar-refractivity contribution in [2.24, 2.45) is 5.92 Å². The highest BCUT2D eigenvalue weighted by Gasteiger charge is 2.13. The number of nitrogens with zero attached hydrogens (tertiary/aromatic N) is 2. The lowest BCUT2D eigenvalue weighted by Gasteiger charge is -2.21. The molecule has 2 nitrogen and oxygen atoms in total. The van der Waals surface area contributed by atoms with E-state index in [1.165, 1.54) is 38.8 Å². The predicted molar refractivity (Wildman–Crippen MR) is 54.3 cm³/mol. The van der Waals surface area contributed by atoms with Gasteiger partial charge in [-0.05, 0) is 32.4 Å². The van der Waals surface area contributed by atoms with E-state index in [9.17, 15) is 0 Å². The topological polar surface area (TPSA) is 27.0 Å². The van der Waals surface area contributed by atoms with Crippen molar-refractivity contribution < 1.29 is 0 Å². The van der Waals surface area contributed by atoms with Crippen LogP contribution in [0.2, 0.25) is 0 Å². The fourth-order valence-electron chi connectivity index (χ4n) is 1.89. The predicted octanol–water partition coefficient (Wildman–Crippen LogP) is 2.41. The minimum atomic E-state index is 0.248. The first-order valence-corrected chi connectivity index (χ1v) is 5.48. The molecular weight excluding hydrogens is 160 g/mol. The maximum Gasteiger partial charge on any atom is 0.0669 e. The number of nitriles is 1. The van der Waals surface area contributed by atoms with E-state index in [-0.39, 0.29) is 5.92 Å². The number of hydrogen-bond donors (Lipinski definition) is 0. The SMILES string of the molecule is CCC(C#N)CN1CCCCCC1. The van der Waals surface area contributed by atoms with Crippen molar-refractivity contribution in [2.75, 3.05) is 19.6 Å². The Morgan fingerprint density at radius 2 is 1.85 bits per heavy atom. The second-order valence-electron chi connectivity index (χ2n) is 3.95. The van der Waals surface area contributed by atoms with E-state index in [4.69, 9.17) is 5.26 Å². The van der Waals surface area contributed by atoms with Crippen LogP contribution in [0, 0.1) is 17.2 Å². The molecule has 0 aromatic rings. The molecule has 74 valence electrons. The molecule has 0 saturated carbocycles. The highest BCUT2D eigenvalue weighted by molar-refractivity contribution is 4.84. The molecule has 0 spiro atoms. The third-order valence-electron chi connectivity index (χ3n) is 2.85. The average molecular weight is 180 g/mol. The summed E-state index contributed by atoms with van der Waals surface area (Å²) in [6.45, 7) is 5.51. The standard InChI is InChI=1S/C11H20N2/c1-2-11(9-12)10-13-7-5-3-4-6-8-13/h11H,2-8,10H2,1H3. The summed E-state index contributed by atoms with van der Waals surface area (Å²) >= 11 is 0. The number of likely N-dealkylation sites (tertiary alicyclic amines) is 1. The zero-order valence-corrected chi connectivity index (χ0v) is 8.63. The molecule has 13 heavy (non-hydrogen) atoms. The van der Waals surface area contributed by atoms with Crippen LogP contribution < -0.4 is 0 Å². The zero-order chi connectivity index (χ0) is 9.52. The molecule has 0 bridgehead atoms. The molecule has 1 aliphatic rings. The van der Waals surface area contributed by atoms with E-state index in [1.54, 1.807) is 0 Å². The molecule has 0 aromatic heterocycles. The lowest BCUT2D eigenvalue weighted by atomic mass is 10.1. The van der Waals surface area contributed by atoms with Crippen molar-refractivity contribution in [1.82, 2.24) is 4.90 Å². The van der Waals surface area contributed by atoms with Gasteiger partial charge in [-0.25, -0.2) is 0 Å². The highest BCUT2D eigenvalue weighted by Crippen LogP contribution is 2.12. The van der Waals surface area contributed by atoms with Gasteiger partial charge in [0.25, 0.3) is 0 Å². The van der Waals surface area contributed by atoms with Crippen LogP contribution in [-0.2, 0) is 0 Å². The van der Waals surface area contributed by atoms with Crippen LogP contribution in [0.25, 0.3) is 0 Å². The first-order valence-electron chi connectivity index (χ1n) is 5.48. The Hall–Kier alpha value is -0.550. The van der Waals surface area contributed by atoms with Gasteiger partial charge in [-0.3, -0.25) is 0 Å². The first kappa shape index (κ1) is 10.5. The minimum Gasteiger partial charge on any atom is -0.302 e. The van der Waals surface area contributed by atoms with Crippen LogP contribution in [0.3, 0.4) is 0 Å². The van der Waals surface area contributed by atoms with E-state index in [0.717, 1.165) is 13.0 Å². The molecule has 1 atom stereocenters. The second kappa shape index (κ2) is 5.99. The normalized spacial score (nSPS) is 21.8. The van der Waals surface area contributed by atoms with Gasteiger partial charge in [-0.1, -0.05) is 19.8 Å². The van der Waals surface area contributed by atoms with Gasteiger partial charge in [0.2, 0.25) is 0 Å². The lowest BCUT2D eigenvalue weighted by molar-refractivity contribution is 0.257. The summed E-state index contributed by atoms with van der Waals surface area (Å²) in [5, 5.41) is 8.85. The molecule has 2 heteroatoms. The summed E-state index contributed by atoms with van der Waals surface area (Å²) in [6, 6.07) is 2.38. The summed E-state index contributed by atoms with van der Waals surface area (Å²) in [5.74, 6) is 0.248. The van der Waals surface area contributed by atoms with Crippen LogP contribution in [0.5, 0.6) is 0 Å². The van der Waals surface area contributed by atoms with E-state index in [0.29, 0.717) is 0 Å². The van der Waals surface area contributed by atoms with Gasteiger partial charge >= 0.3 is 0 Å². The number of hydrogen-bond acceptors (Lipinski definition) is 2. The van der Waals surface area contributed by atoms with Gasteiger partial charge in [-0.2, -0.15) is 5.26 Å². The summed E-state index contributed by atoms with van der Waals surface area (Å²) < 4.78 is 0. The van der Waals surface area contributed by atoms with Crippen LogP contribution in [0.15, 0.2) is 0 Å². The van der Waals surface area contributed by atoms with Crippen molar-refractivity contribution in [2.45, 2.75) is 39.0 Å². The number of rotatable bonds is 3. The van der Waals surface area contributed by atoms with Gasteiger partial charge in [0.15, 0.2) is 0 Å². The van der Waals surface area contributed by atoms with Crippen LogP contribution >= 0.6 is 0 Å². The molecule has 1 unspecified atom stereocenters. The fourth-order valence-corrected chi connectivity index (χ4v) is 1.89. The van der Waals surface area contributed by atoms with Crippen molar-refractivity contribution >= 4 is 0 Å². The average Bonchev–Trinajstić information content (AvgIpc) is 2.42. The smallest absolute Gasteiger partial charge is 0.0669 e. The van der Waals surface area contributed by atoms with Crippen LogP contribution in [0.1, 0.15) is 39.0 Å². The Bertz CT molecular complexity index is 163. The molecule has 0 radical (unpaired) electrons. The summed E-state index contributed by atoms with van der Waals surface area (Å²) in [4.78, 5) is 2.46. The highest BCUT2D eigenvalue weighted by atomic mass is 15.1. The van der Waals surface area contributed by atoms with E-state index in [1.807, 2.05) is 0 Å². The molecular formula is C11H20N2. The van der Waals surface area contributed by atoms with E-state index in [2.05, 4.69) is 17.9 Å². The van der Waals surface area contributed by atoms with Crippen molar-refractivity contribution in [3.8, 4) is 6.07 Å². The van der Waals surface area contributed by atoms with Gasteiger partial charge in [0.1, 0.15) is 0 Å². The van der Waals surface area contributed by atoms with Crippen molar-refractivity contribution in [3.05, 3.63) is 0 Å². The Kier molecular flexibility index (Phi) is 4.85. The Morgan fingerprint density at radius 1 is 1.23 bits per heavy atom. The zero-order valence-electron chi connectivity index (χ0n) is 8.63. The van der Waals surface area contributed by atoms with E-state index < -0.39 is 0 Å². The molecule has 1 fully saturated rings. The molecule has 1 heterocycles. The molecule has 0 aromatic carbocycles. The summed E-state index contributed by atoms with van der Waals surface area (Å²) in [6.07, 6.45) is 6.39. The largest absolute Gasteiger partial charge is 0.302 e. The molecule has 1 rings (SSSR count). The van der Waals surface area contributed by atoms with Gasteiger partial charge in [0.05, 0.1) is 12.0 Å². The Morgan fingerprint density at radius 3 is 2.31 bits per heavy atom. The van der Waals surface area contributed by atoms with Crippen molar-refractivity contribution in [1.29, 1.82) is 5.26 Å². The van der Waals surface area contributed by atoms with Crippen LogP contribution in [-0.4, -0.2) is 24.5 Å². The lowest BCUT2D eigenvalue weighted by Crippen LogP contribution is -2.29. The maximum atomic E-state index is 8.85. The van der Waals surface area contributed by atoms with Gasteiger partial charge < -0.3 is 4.90 Å². The maximum absolute atomic E-state index is 8.85. The Balaban J connectivity index is 2.29. The van der Waals surface area contributed by atoms with Crippen LogP contribution in [0.4, 0.5) is 0 Å². The third kappa shape index (κ3) is 3.78. The first-order chi connectivity index (χ1) is 6.36. The monoisotopic (exact) mass is 180 g/mol. The molecule has 0 aliphatic carbocycles. The fraction of sp³-hybridized carbons (Fsp3) is 0.909. The van der Waals surface area contributed by atoms with Gasteiger partial charge in [-0.15, -0.1) is 0 Å². The molecule has 1 aliphatic heterocycles. The van der Waals surface area contributed by atoms with Crippen molar-refractivity contribution in [3.63, 3.8) is 0 Å². The molecule has 0 amide bonds. The minimum absolute atomic E-state index is 0.248. The Labute approximate surface area is 81.5 Å². The summed E-state index contributed by atoms with van der Waals surface area (Å²) in [5.41, 5.74) is 0. The molecule has 1 saturated heterocycles. The third-order valence-corrected chi connectivity index (χ3v) is 2.85. The molecule has 0 N–H and O–H groups in total. The quantitative estimate of drug-likeness (QED) is 0.667. The summed E-state index contributed by atoms with van der Waals surface area (Å²) in [7, 11) is 0. The van der Waals surface area contributed by atoms with Gasteiger partial charge in [0, 0.05) is 6.54 Å². The second-order valence-corrected chi connectivity index (χ2v) is 3.95. The van der Waals surface area contributed by atoms with E-state index >= 15 is 0 Å².